The van der Waals surface area contributed by atoms with E-state index >= 15 is 0 Å². The summed E-state index contributed by atoms with van der Waals surface area (Å²) in [6.07, 6.45) is 1.36. The van der Waals surface area contributed by atoms with E-state index < -0.39 is 17.5 Å². The molecular formula is C22H17F3N4O2. The second-order valence-corrected chi connectivity index (χ2v) is 7.00. The minimum Gasteiger partial charge on any atom is -0.321 e. The van der Waals surface area contributed by atoms with Gasteiger partial charge in [0.05, 0.1) is 11.9 Å². The first-order valence-corrected chi connectivity index (χ1v) is 9.43. The van der Waals surface area contributed by atoms with Crippen molar-refractivity contribution in [1.82, 2.24) is 9.88 Å². The lowest BCUT2D eigenvalue weighted by Crippen LogP contribution is -2.31. The summed E-state index contributed by atoms with van der Waals surface area (Å²) in [5, 5.41) is 2.51. The molecule has 1 N–H and O–H groups in total. The van der Waals surface area contributed by atoms with Gasteiger partial charge in [-0.15, -0.1) is 0 Å². The van der Waals surface area contributed by atoms with Crippen molar-refractivity contribution in [2.75, 3.05) is 23.3 Å². The summed E-state index contributed by atoms with van der Waals surface area (Å²) >= 11 is 0. The van der Waals surface area contributed by atoms with Gasteiger partial charge in [-0.3, -0.25) is 9.69 Å². The lowest BCUT2D eigenvalue weighted by molar-refractivity contribution is 0.102. The van der Waals surface area contributed by atoms with Crippen molar-refractivity contribution in [3.05, 3.63) is 89.4 Å². The number of nitrogens with one attached hydrogen (secondary N) is 1. The summed E-state index contributed by atoms with van der Waals surface area (Å²) < 4.78 is 39.6. The monoisotopic (exact) mass is 426 g/mol. The number of carbonyl (C=O) groups is 2. The molecule has 2 heterocycles. The van der Waals surface area contributed by atoms with Gasteiger partial charge in [0, 0.05) is 31.3 Å². The van der Waals surface area contributed by atoms with Crippen LogP contribution >= 0.6 is 0 Å². The normalized spacial score (nSPS) is 13.6. The van der Waals surface area contributed by atoms with Gasteiger partial charge in [-0.05, 0) is 42.0 Å². The zero-order valence-corrected chi connectivity index (χ0v) is 16.2. The Bertz CT molecular complexity index is 1100. The van der Waals surface area contributed by atoms with Gasteiger partial charge in [-0.25, -0.2) is 22.9 Å². The molecule has 158 valence electrons. The molecule has 0 saturated carbocycles. The molecule has 0 radical (unpaired) electrons. The van der Waals surface area contributed by atoms with Crippen LogP contribution in [0.4, 0.5) is 29.5 Å². The molecule has 6 nitrogen and oxygen atoms in total. The molecule has 0 atom stereocenters. The molecule has 31 heavy (non-hydrogen) atoms. The molecule has 0 spiro atoms. The van der Waals surface area contributed by atoms with Crippen molar-refractivity contribution in [2.45, 2.75) is 6.54 Å². The van der Waals surface area contributed by atoms with Crippen LogP contribution in [0.2, 0.25) is 0 Å². The van der Waals surface area contributed by atoms with Crippen LogP contribution in [0.15, 0.2) is 60.8 Å². The van der Waals surface area contributed by atoms with E-state index in [-0.39, 0.29) is 17.4 Å². The zero-order chi connectivity index (χ0) is 22.0. The Morgan fingerprint density at radius 3 is 2.29 bits per heavy atom. The number of rotatable bonds is 5. The smallest absolute Gasteiger partial charge is 0.321 e. The molecule has 2 aromatic carbocycles. The predicted octanol–water partition coefficient (Wildman–Crippen LogP) is 4.19. The number of urea groups is 1. The van der Waals surface area contributed by atoms with Crippen molar-refractivity contribution in [3.8, 4) is 0 Å². The van der Waals surface area contributed by atoms with Gasteiger partial charge in [0.2, 0.25) is 0 Å². The Hall–Kier alpha value is -3.88. The van der Waals surface area contributed by atoms with Gasteiger partial charge < -0.3 is 10.2 Å². The number of anilines is 2. The van der Waals surface area contributed by atoms with Gasteiger partial charge in [-0.1, -0.05) is 12.1 Å². The third-order valence-electron chi connectivity index (χ3n) is 4.79. The first kappa shape index (κ1) is 20.4. The molecule has 1 aliphatic rings. The summed E-state index contributed by atoms with van der Waals surface area (Å²) in [7, 11) is 0. The van der Waals surface area contributed by atoms with Crippen LogP contribution in [0, 0.1) is 17.5 Å². The third kappa shape index (κ3) is 4.66. The number of hydrogen-bond donors (Lipinski definition) is 1. The zero-order valence-electron chi connectivity index (χ0n) is 16.2. The highest BCUT2D eigenvalue weighted by atomic mass is 19.1. The number of amides is 3. The first-order chi connectivity index (χ1) is 14.9. The highest BCUT2D eigenvalue weighted by molar-refractivity contribution is 6.04. The van der Waals surface area contributed by atoms with Crippen LogP contribution < -0.4 is 10.2 Å². The number of aromatic nitrogens is 1. The Morgan fingerprint density at radius 2 is 1.65 bits per heavy atom. The average Bonchev–Trinajstić information content (AvgIpc) is 3.10. The molecule has 1 fully saturated rings. The third-order valence-corrected chi connectivity index (χ3v) is 4.79. The lowest BCUT2D eigenvalue weighted by atomic mass is 10.2. The van der Waals surface area contributed by atoms with E-state index in [9.17, 15) is 22.8 Å². The Balaban J connectivity index is 1.40. The Kier molecular flexibility index (Phi) is 5.57. The van der Waals surface area contributed by atoms with Crippen LogP contribution in [0.25, 0.3) is 0 Å². The predicted molar refractivity (Wildman–Crippen MR) is 108 cm³/mol. The maximum atomic E-state index is 13.3. The van der Waals surface area contributed by atoms with Gasteiger partial charge in [0.1, 0.15) is 23.3 Å². The summed E-state index contributed by atoms with van der Waals surface area (Å²) in [6.45, 7) is 1.27. The fourth-order valence-corrected chi connectivity index (χ4v) is 3.26. The van der Waals surface area contributed by atoms with E-state index in [0.29, 0.717) is 37.2 Å². The number of carbonyl (C=O) groups excluding carboxylic acids is 2. The fourth-order valence-electron chi connectivity index (χ4n) is 3.26. The Labute approximate surface area is 175 Å². The number of benzene rings is 2. The molecule has 1 aromatic heterocycles. The second kappa shape index (κ2) is 8.47. The molecular weight excluding hydrogens is 409 g/mol. The summed E-state index contributed by atoms with van der Waals surface area (Å²) in [5.74, 6) is -2.32. The minimum atomic E-state index is -0.851. The molecule has 4 rings (SSSR count). The van der Waals surface area contributed by atoms with Crippen LogP contribution in [0.1, 0.15) is 15.9 Å². The van der Waals surface area contributed by atoms with Crippen molar-refractivity contribution < 1.29 is 22.8 Å². The van der Waals surface area contributed by atoms with Crippen molar-refractivity contribution in [2.24, 2.45) is 0 Å². The van der Waals surface area contributed by atoms with E-state index in [1.54, 1.807) is 29.2 Å². The molecule has 0 bridgehead atoms. The first-order valence-electron chi connectivity index (χ1n) is 9.43. The quantitative estimate of drug-likeness (QED) is 0.665. The highest BCUT2D eigenvalue weighted by Gasteiger charge is 2.30. The lowest BCUT2D eigenvalue weighted by Gasteiger charge is -2.18. The van der Waals surface area contributed by atoms with Gasteiger partial charge in [-0.2, -0.15) is 0 Å². The second-order valence-electron chi connectivity index (χ2n) is 7.00. The standard InChI is InChI=1S/C22H17F3N4O2/c23-16-3-1-14(2-4-16)13-28-7-8-29(22(28)31)20-6-5-19(12-26-20)27-21(30)15-9-17(24)11-18(25)10-15/h1-6,9-12H,7-8,13H2,(H,27,30). The maximum absolute atomic E-state index is 13.3. The average molecular weight is 426 g/mol. The van der Waals surface area contributed by atoms with Crippen LogP contribution in [-0.2, 0) is 6.54 Å². The topological polar surface area (TPSA) is 65.5 Å². The molecule has 3 amide bonds. The molecule has 0 aliphatic carbocycles. The number of hydrogen-bond acceptors (Lipinski definition) is 3. The minimum absolute atomic E-state index is 0.160. The number of halogens is 3. The van der Waals surface area contributed by atoms with Gasteiger partial charge >= 0.3 is 6.03 Å². The van der Waals surface area contributed by atoms with Crippen molar-refractivity contribution in [3.63, 3.8) is 0 Å². The summed E-state index contributed by atoms with van der Waals surface area (Å²) in [4.78, 5) is 32.2. The van der Waals surface area contributed by atoms with E-state index in [0.717, 1.165) is 17.7 Å². The molecule has 9 heteroatoms. The number of nitrogens with zero attached hydrogens (tertiary/aromatic N) is 3. The van der Waals surface area contributed by atoms with Crippen molar-refractivity contribution >= 4 is 23.4 Å². The SMILES string of the molecule is O=C(Nc1ccc(N2CCN(Cc3ccc(F)cc3)C2=O)nc1)c1cc(F)cc(F)c1. The molecule has 1 aliphatic heterocycles. The summed E-state index contributed by atoms with van der Waals surface area (Å²) in [5.41, 5.74) is 0.970. The molecule has 3 aromatic rings. The Morgan fingerprint density at radius 1 is 0.935 bits per heavy atom. The van der Waals surface area contributed by atoms with E-state index in [4.69, 9.17) is 0 Å². The van der Waals surface area contributed by atoms with E-state index in [1.165, 1.54) is 23.2 Å². The highest BCUT2D eigenvalue weighted by Crippen LogP contribution is 2.21. The van der Waals surface area contributed by atoms with Crippen molar-refractivity contribution in [1.29, 1.82) is 0 Å². The van der Waals surface area contributed by atoms with Crippen LogP contribution in [0.5, 0.6) is 0 Å². The molecule has 1 saturated heterocycles. The molecule has 0 unspecified atom stereocenters. The van der Waals surface area contributed by atoms with E-state index in [2.05, 4.69) is 10.3 Å². The van der Waals surface area contributed by atoms with Crippen LogP contribution in [0.3, 0.4) is 0 Å². The van der Waals surface area contributed by atoms with Crippen LogP contribution in [-0.4, -0.2) is 34.9 Å². The number of pyridine rings is 1. The summed E-state index contributed by atoms with van der Waals surface area (Å²) in [6, 6.07) is 11.4. The fraction of sp³-hybridized carbons (Fsp3) is 0.136. The largest absolute Gasteiger partial charge is 0.326 e. The maximum Gasteiger partial charge on any atom is 0.326 e. The van der Waals surface area contributed by atoms with E-state index in [1.807, 2.05) is 0 Å². The van der Waals surface area contributed by atoms with Gasteiger partial charge in [0.25, 0.3) is 5.91 Å². The van der Waals surface area contributed by atoms with Gasteiger partial charge in [0.15, 0.2) is 0 Å².